The molecule has 0 aromatic heterocycles. The molecule has 0 aromatic rings. The van der Waals surface area contributed by atoms with Crippen molar-refractivity contribution in [3.63, 3.8) is 0 Å². The average Bonchev–Trinajstić information content (AvgIpc) is 2.43. The molecule has 0 amide bonds. The van der Waals surface area contributed by atoms with Crippen LogP contribution in [0, 0.1) is 0 Å². The second-order valence-corrected chi connectivity index (χ2v) is 5.61. The van der Waals surface area contributed by atoms with Crippen LogP contribution in [0.15, 0.2) is 0 Å². The Balaban J connectivity index is 2.79. The second kappa shape index (κ2) is 3.96. The molecule has 1 fully saturated rings. The topological polar surface area (TPSA) is 120 Å². The molecule has 0 spiro atoms. The van der Waals surface area contributed by atoms with E-state index in [9.17, 15) is 20.0 Å². The maximum absolute atomic E-state index is 9.63. The normalized spacial score (nSPS) is 40.1. The van der Waals surface area contributed by atoms with Crippen LogP contribution in [0.3, 0.4) is 0 Å². The third-order valence-electron chi connectivity index (χ3n) is 2.23. The summed E-state index contributed by atoms with van der Waals surface area (Å²) in [6.45, 7) is -0.516. The van der Waals surface area contributed by atoms with E-state index in [0.29, 0.717) is 0 Å². The molecule has 8 heteroatoms. The van der Waals surface area contributed by atoms with Gasteiger partial charge in [-0.3, -0.25) is 0 Å². The molecular weight excluding hydrogens is 215 g/mol. The quantitative estimate of drug-likeness (QED) is 0.352. The predicted octanol–water partition coefficient (Wildman–Crippen LogP) is -2.10. The molecule has 0 aliphatic carbocycles. The minimum absolute atomic E-state index is 0.398. The molecule has 1 rings (SSSR count). The number of hydrogen-bond acceptors (Lipinski definition) is 7. The van der Waals surface area contributed by atoms with Gasteiger partial charge in [-0.15, -0.1) is 0 Å². The van der Waals surface area contributed by atoms with Crippen molar-refractivity contribution in [2.75, 3.05) is 13.7 Å². The molecule has 5 N–H and O–H groups in total. The van der Waals surface area contributed by atoms with Crippen molar-refractivity contribution in [3.8, 4) is 0 Å². The first kappa shape index (κ1) is 12.2. The number of aliphatic hydroxyl groups is 3. The van der Waals surface area contributed by atoms with Crippen LogP contribution in [0.2, 0.25) is 0 Å². The van der Waals surface area contributed by atoms with Crippen LogP contribution in [-0.4, -0.2) is 56.6 Å². The van der Waals surface area contributed by atoms with Gasteiger partial charge in [-0.2, -0.15) is 0 Å². The molecule has 0 unspecified atom stereocenters. The molecular formula is C6H15O7P. The van der Waals surface area contributed by atoms with E-state index in [0.717, 1.165) is 7.11 Å². The summed E-state index contributed by atoms with van der Waals surface area (Å²) < 4.78 is 9.11. The summed E-state index contributed by atoms with van der Waals surface area (Å²) in [5, 5.41) is 27.6. The zero-order chi connectivity index (χ0) is 11.0. The van der Waals surface area contributed by atoms with E-state index in [1.165, 1.54) is 0 Å². The summed E-state index contributed by atoms with van der Waals surface area (Å²) in [5.41, 5.74) is -2.30. The summed E-state index contributed by atoms with van der Waals surface area (Å²) in [5.74, 6) is 0. The van der Waals surface area contributed by atoms with Crippen LogP contribution in [0.5, 0.6) is 0 Å². The van der Waals surface area contributed by atoms with E-state index < -0.39 is 38.7 Å². The van der Waals surface area contributed by atoms with Gasteiger partial charge in [-0.1, -0.05) is 0 Å². The van der Waals surface area contributed by atoms with E-state index in [1.54, 1.807) is 0 Å². The fraction of sp³-hybridized carbons (Fsp3) is 1.00. The van der Waals surface area contributed by atoms with Crippen molar-refractivity contribution >= 4 is 7.94 Å². The molecule has 1 heterocycles. The molecule has 0 aromatic carbocycles. The minimum atomic E-state index is -4.41. The van der Waals surface area contributed by atoms with Crippen LogP contribution in [0.4, 0.5) is 0 Å². The second-order valence-electron chi connectivity index (χ2n) is 3.21. The van der Waals surface area contributed by atoms with Crippen LogP contribution in [0.25, 0.3) is 0 Å². The van der Waals surface area contributed by atoms with Gasteiger partial charge in [0.2, 0.25) is 0 Å². The summed E-state index contributed by atoms with van der Waals surface area (Å²) in [6.07, 6.45) is -2.57. The molecule has 1 saturated heterocycles. The monoisotopic (exact) mass is 230 g/mol. The van der Waals surface area contributed by atoms with Gasteiger partial charge >= 0.3 is 80.2 Å². The van der Waals surface area contributed by atoms with Crippen LogP contribution in [-0.2, 0) is 9.26 Å². The zero-order valence-electron chi connectivity index (χ0n) is 7.62. The molecule has 86 valence electrons. The van der Waals surface area contributed by atoms with Crippen molar-refractivity contribution in [1.29, 1.82) is 0 Å². The van der Waals surface area contributed by atoms with E-state index in [-0.39, 0.29) is 0 Å². The summed E-state index contributed by atoms with van der Waals surface area (Å²) in [7, 11) is -3.39. The SMILES string of the molecule is CO[PH](O)(O)[C@]1(O)C[C@H](O)[C@@H](CO)O1. The van der Waals surface area contributed by atoms with Crippen molar-refractivity contribution in [2.45, 2.75) is 24.2 Å². The summed E-state index contributed by atoms with van der Waals surface area (Å²) >= 11 is 0. The van der Waals surface area contributed by atoms with E-state index >= 15 is 0 Å². The van der Waals surface area contributed by atoms with Gasteiger partial charge in [0.25, 0.3) is 0 Å². The van der Waals surface area contributed by atoms with E-state index in [4.69, 9.17) is 9.84 Å². The van der Waals surface area contributed by atoms with Crippen molar-refractivity contribution in [3.05, 3.63) is 0 Å². The Hall–Kier alpha value is 0.150. The van der Waals surface area contributed by atoms with Gasteiger partial charge < -0.3 is 0 Å². The molecule has 3 atom stereocenters. The zero-order valence-corrected chi connectivity index (χ0v) is 8.62. The number of ether oxygens (including phenoxy) is 1. The molecule has 0 radical (unpaired) electrons. The van der Waals surface area contributed by atoms with E-state index in [1.807, 2.05) is 0 Å². The van der Waals surface area contributed by atoms with Crippen LogP contribution >= 0.6 is 7.94 Å². The van der Waals surface area contributed by atoms with Gasteiger partial charge in [0.05, 0.1) is 0 Å². The fourth-order valence-corrected chi connectivity index (χ4v) is 2.42. The first-order chi connectivity index (χ1) is 6.36. The van der Waals surface area contributed by atoms with E-state index in [2.05, 4.69) is 4.52 Å². The van der Waals surface area contributed by atoms with Crippen molar-refractivity contribution in [1.82, 2.24) is 0 Å². The Morgan fingerprint density at radius 1 is 1.57 bits per heavy atom. The number of hydrogen-bond donors (Lipinski definition) is 5. The third-order valence-corrected chi connectivity index (χ3v) is 4.14. The van der Waals surface area contributed by atoms with Crippen molar-refractivity contribution in [2.24, 2.45) is 0 Å². The number of rotatable bonds is 3. The maximum atomic E-state index is 9.63. The Bertz CT molecular complexity index is 210. The van der Waals surface area contributed by atoms with Gasteiger partial charge in [0, 0.05) is 0 Å². The fourth-order valence-electron chi connectivity index (χ4n) is 1.32. The third kappa shape index (κ3) is 1.91. The predicted molar refractivity (Wildman–Crippen MR) is 47.3 cm³/mol. The van der Waals surface area contributed by atoms with Gasteiger partial charge in [0.15, 0.2) is 0 Å². The standard InChI is InChI=1S/C6H15O7P/c1-12-14(10,11)6(9)2-4(8)5(3-7)13-6/h4-5,7-11,14H,2-3H2,1H3/t4-,5+,6-/m0/s1. The Morgan fingerprint density at radius 3 is 2.50 bits per heavy atom. The van der Waals surface area contributed by atoms with Gasteiger partial charge in [0.1, 0.15) is 0 Å². The first-order valence-electron chi connectivity index (χ1n) is 4.05. The Kier molecular flexibility index (Phi) is 3.45. The summed E-state index contributed by atoms with van der Waals surface area (Å²) in [4.78, 5) is 18.6. The molecule has 0 bridgehead atoms. The van der Waals surface area contributed by atoms with Crippen LogP contribution in [0.1, 0.15) is 6.42 Å². The molecule has 14 heavy (non-hydrogen) atoms. The van der Waals surface area contributed by atoms with Crippen molar-refractivity contribution < 1.29 is 34.4 Å². The Morgan fingerprint density at radius 2 is 2.14 bits per heavy atom. The molecule has 0 saturated carbocycles. The Labute approximate surface area is 81.1 Å². The van der Waals surface area contributed by atoms with Gasteiger partial charge in [-0.25, -0.2) is 0 Å². The molecule has 1 aliphatic rings. The van der Waals surface area contributed by atoms with Gasteiger partial charge in [-0.05, 0) is 0 Å². The first-order valence-corrected chi connectivity index (χ1v) is 5.85. The summed E-state index contributed by atoms with van der Waals surface area (Å²) in [6, 6.07) is 0. The van der Waals surface area contributed by atoms with Crippen LogP contribution < -0.4 is 0 Å². The number of aliphatic hydroxyl groups excluding tert-OH is 2. The molecule has 7 nitrogen and oxygen atoms in total. The molecule has 1 aliphatic heterocycles. The average molecular weight is 230 g/mol.